The summed E-state index contributed by atoms with van der Waals surface area (Å²) in [6, 6.07) is 8.21. The van der Waals surface area contributed by atoms with Gasteiger partial charge in [0.15, 0.2) is 0 Å². The van der Waals surface area contributed by atoms with E-state index >= 15 is 0 Å². The number of hydrogen-bond donors (Lipinski definition) is 0. The minimum absolute atomic E-state index is 0.503. The van der Waals surface area contributed by atoms with E-state index in [4.69, 9.17) is 4.74 Å². The molecule has 0 bridgehead atoms. The monoisotopic (exact) mass is 242 g/mol. The van der Waals surface area contributed by atoms with Crippen LogP contribution in [0.15, 0.2) is 24.3 Å². The fraction of sp³-hybridized carbons (Fsp3) is 0.455. The number of benzene rings is 1. The molecule has 0 aliphatic carbocycles. The van der Waals surface area contributed by atoms with Gasteiger partial charge in [0.25, 0.3) is 0 Å². The van der Waals surface area contributed by atoms with Crippen LogP contribution >= 0.6 is 15.9 Å². The van der Waals surface area contributed by atoms with E-state index in [2.05, 4.69) is 35.0 Å². The second-order valence-electron chi connectivity index (χ2n) is 3.03. The summed E-state index contributed by atoms with van der Waals surface area (Å²) in [4.78, 5) is 0. The SMILES string of the molecule is CCOc1ccccc1C(C)CBr. The van der Waals surface area contributed by atoms with Crippen LogP contribution in [0.3, 0.4) is 0 Å². The molecule has 1 unspecified atom stereocenters. The third kappa shape index (κ3) is 2.73. The zero-order valence-electron chi connectivity index (χ0n) is 8.09. The number of halogens is 1. The fourth-order valence-corrected chi connectivity index (χ4v) is 1.61. The normalized spacial score (nSPS) is 12.5. The molecule has 1 nitrogen and oxygen atoms in total. The maximum atomic E-state index is 5.54. The van der Waals surface area contributed by atoms with Crippen molar-refractivity contribution in [1.82, 2.24) is 0 Å². The lowest BCUT2D eigenvalue weighted by atomic mass is 10.0. The summed E-state index contributed by atoms with van der Waals surface area (Å²) in [6.45, 7) is 4.92. The molecule has 0 aliphatic rings. The Kier molecular flexibility index (Phi) is 4.29. The fourth-order valence-electron chi connectivity index (χ4n) is 1.26. The van der Waals surface area contributed by atoms with Gasteiger partial charge in [0.2, 0.25) is 0 Å². The van der Waals surface area contributed by atoms with Gasteiger partial charge in [-0.05, 0) is 24.5 Å². The minimum atomic E-state index is 0.503. The van der Waals surface area contributed by atoms with E-state index < -0.39 is 0 Å². The topological polar surface area (TPSA) is 9.23 Å². The summed E-state index contributed by atoms with van der Waals surface area (Å²) in [5, 5.41) is 0.969. The van der Waals surface area contributed by atoms with Crippen molar-refractivity contribution in [1.29, 1.82) is 0 Å². The molecule has 72 valence electrons. The smallest absolute Gasteiger partial charge is 0.122 e. The molecular weight excluding hydrogens is 228 g/mol. The van der Waals surface area contributed by atoms with E-state index in [9.17, 15) is 0 Å². The number of para-hydroxylation sites is 1. The lowest BCUT2D eigenvalue weighted by molar-refractivity contribution is 0.335. The van der Waals surface area contributed by atoms with Crippen LogP contribution in [0.25, 0.3) is 0 Å². The molecule has 0 fully saturated rings. The van der Waals surface area contributed by atoms with Crippen molar-refractivity contribution in [3.05, 3.63) is 29.8 Å². The summed E-state index contributed by atoms with van der Waals surface area (Å²) < 4.78 is 5.54. The molecule has 0 heterocycles. The van der Waals surface area contributed by atoms with Crippen LogP contribution in [0.5, 0.6) is 5.75 Å². The second-order valence-corrected chi connectivity index (χ2v) is 3.67. The maximum Gasteiger partial charge on any atom is 0.122 e. The van der Waals surface area contributed by atoms with Gasteiger partial charge >= 0.3 is 0 Å². The van der Waals surface area contributed by atoms with Crippen molar-refractivity contribution in [2.24, 2.45) is 0 Å². The Bertz CT molecular complexity index is 260. The highest BCUT2D eigenvalue weighted by Crippen LogP contribution is 2.27. The maximum absolute atomic E-state index is 5.54. The highest BCUT2D eigenvalue weighted by atomic mass is 79.9. The molecule has 0 radical (unpaired) electrons. The first-order valence-electron chi connectivity index (χ1n) is 4.57. The molecule has 0 spiro atoms. The molecule has 0 aromatic heterocycles. The summed E-state index contributed by atoms with van der Waals surface area (Å²) in [5.41, 5.74) is 1.28. The number of ether oxygens (including phenoxy) is 1. The third-order valence-corrected chi connectivity index (χ3v) is 2.95. The van der Waals surface area contributed by atoms with Gasteiger partial charge in [-0.25, -0.2) is 0 Å². The van der Waals surface area contributed by atoms with Gasteiger partial charge in [0.1, 0.15) is 5.75 Å². The standard InChI is InChI=1S/C11H15BrO/c1-3-13-11-7-5-4-6-10(11)9(2)8-12/h4-7,9H,3,8H2,1-2H3. The summed E-state index contributed by atoms with van der Waals surface area (Å²) in [7, 11) is 0. The molecule has 0 N–H and O–H groups in total. The van der Waals surface area contributed by atoms with Gasteiger partial charge < -0.3 is 4.74 Å². The molecule has 13 heavy (non-hydrogen) atoms. The zero-order chi connectivity index (χ0) is 9.68. The molecule has 0 saturated carbocycles. The lowest BCUT2D eigenvalue weighted by Gasteiger charge is -2.13. The van der Waals surface area contributed by atoms with Crippen molar-refractivity contribution < 1.29 is 4.74 Å². The Morgan fingerprint density at radius 3 is 2.69 bits per heavy atom. The Morgan fingerprint density at radius 1 is 1.38 bits per heavy atom. The molecule has 0 aliphatic heterocycles. The van der Waals surface area contributed by atoms with Gasteiger partial charge in [0.05, 0.1) is 6.61 Å². The van der Waals surface area contributed by atoms with E-state index in [0.29, 0.717) is 5.92 Å². The molecule has 1 aromatic rings. The lowest BCUT2D eigenvalue weighted by Crippen LogP contribution is -2.00. The Morgan fingerprint density at radius 2 is 2.08 bits per heavy atom. The zero-order valence-corrected chi connectivity index (χ0v) is 9.67. The Hall–Kier alpha value is -0.500. The van der Waals surface area contributed by atoms with Gasteiger partial charge in [0, 0.05) is 5.33 Å². The average molecular weight is 243 g/mol. The van der Waals surface area contributed by atoms with Crippen LogP contribution in [0, 0.1) is 0 Å². The molecule has 1 rings (SSSR count). The first-order chi connectivity index (χ1) is 6.29. The quantitative estimate of drug-likeness (QED) is 0.734. The molecule has 2 heteroatoms. The van der Waals surface area contributed by atoms with Gasteiger partial charge in [-0.3, -0.25) is 0 Å². The van der Waals surface area contributed by atoms with E-state index in [1.807, 2.05) is 19.1 Å². The first-order valence-corrected chi connectivity index (χ1v) is 5.69. The van der Waals surface area contributed by atoms with E-state index in [1.54, 1.807) is 0 Å². The van der Waals surface area contributed by atoms with E-state index in [0.717, 1.165) is 17.7 Å². The molecule has 0 saturated heterocycles. The summed E-state index contributed by atoms with van der Waals surface area (Å²) in [5.74, 6) is 1.51. The number of hydrogen-bond acceptors (Lipinski definition) is 1. The molecular formula is C11H15BrO. The Balaban J connectivity index is 2.90. The predicted molar refractivity (Wildman–Crippen MR) is 59.8 cm³/mol. The average Bonchev–Trinajstić information content (AvgIpc) is 2.18. The van der Waals surface area contributed by atoms with Crippen LogP contribution in [0.1, 0.15) is 25.3 Å². The van der Waals surface area contributed by atoms with E-state index in [-0.39, 0.29) is 0 Å². The van der Waals surface area contributed by atoms with Crippen molar-refractivity contribution >= 4 is 15.9 Å². The van der Waals surface area contributed by atoms with Crippen molar-refractivity contribution in [2.75, 3.05) is 11.9 Å². The molecule has 1 atom stereocenters. The van der Waals surface area contributed by atoms with Crippen LogP contribution in [0.2, 0.25) is 0 Å². The summed E-state index contributed by atoms with van der Waals surface area (Å²) >= 11 is 3.48. The minimum Gasteiger partial charge on any atom is -0.494 e. The molecule has 1 aromatic carbocycles. The Labute approximate surface area is 88.2 Å². The van der Waals surface area contributed by atoms with E-state index in [1.165, 1.54) is 5.56 Å². The number of rotatable bonds is 4. The summed E-state index contributed by atoms with van der Waals surface area (Å²) in [6.07, 6.45) is 0. The van der Waals surface area contributed by atoms with Crippen molar-refractivity contribution in [3.8, 4) is 5.75 Å². The van der Waals surface area contributed by atoms with Gasteiger partial charge in [-0.15, -0.1) is 0 Å². The van der Waals surface area contributed by atoms with Gasteiger partial charge in [-0.2, -0.15) is 0 Å². The molecule has 0 amide bonds. The van der Waals surface area contributed by atoms with Gasteiger partial charge in [-0.1, -0.05) is 41.1 Å². The van der Waals surface area contributed by atoms with Crippen LogP contribution in [0.4, 0.5) is 0 Å². The largest absolute Gasteiger partial charge is 0.494 e. The van der Waals surface area contributed by atoms with Crippen molar-refractivity contribution in [2.45, 2.75) is 19.8 Å². The highest BCUT2D eigenvalue weighted by molar-refractivity contribution is 9.09. The van der Waals surface area contributed by atoms with Crippen molar-refractivity contribution in [3.63, 3.8) is 0 Å². The number of alkyl halides is 1. The predicted octanol–water partition coefficient (Wildman–Crippen LogP) is 3.58. The highest BCUT2D eigenvalue weighted by Gasteiger charge is 2.08. The first kappa shape index (κ1) is 10.6. The van der Waals surface area contributed by atoms with Crippen LogP contribution in [-0.2, 0) is 0 Å². The second kappa shape index (κ2) is 5.28. The third-order valence-electron chi connectivity index (χ3n) is 1.98. The van der Waals surface area contributed by atoms with Crippen LogP contribution in [-0.4, -0.2) is 11.9 Å². The van der Waals surface area contributed by atoms with Crippen LogP contribution < -0.4 is 4.74 Å².